The average molecular weight is 189 g/mol. The lowest BCUT2D eigenvalue weighted by atomic mass is 9.82. The van der Waals surface area contributed by atoms with Crippen molar-refractivity contribution < 1.29 is 4.79 Å². The second-order valence-corrected chi connectivity index (χ2v) is 3.96. The topological polar surface area (TPSA) is 43.1 Å². The van der Waals surface area contributed by atoms with Crippen LogP contribution in [0.1, 0.15) is 19.3 Å². The van der Waals surface area contributed by atoms with Gasteiger partial charge in [0.1, 0.15) is 0 Å². The van der Waals surface area contributed by atoms with Gasteiger partial charge in [-0.15, -0.1) is 0 Å². The Kier molecular flexibility index (Phi) is 2.53. The molecule has 2 unspecified atom stereocenters. The summed E-state index contributed by atoms with van der Waals surface area (Å²) in [6.45, 7) is 0. The quantitative estimate of drug-likeness (QED) is 0.629. The van der Waals surface area contributed by atoms with E-state index >= 15 is 0 Å². The first-order valence-electron chi connectivity index (χ1n) is 5.12. The van der Waals surface area contributed by atoms with Gasteiger partial charge in [0.25, 0.3) is 0 Å². The highest BCUT2D eigenvalue weighted by atomic mass is 16.1. The third-order valence-corrected chi connectivity index (χ3v) is 2.99. The molecule has 2 aliphatic rings. The third kappa shape index (κ3) is 1.79. The number of nitrogens with two attached hydrogens (primary N) is 1. The Balaban J connectivity index is 2.18. The minimum atomic E-state index is -0.308. The molecular formula is C12H15NO. The molecule has 2 rings (SSSR count). The Hall–Kier alpha value is -1.31. The Morgan fingerprint density at radius 3 is 3.00 bits per heavy atom. The predicted octanol–water partition coefficient (Wildman–Crippen LogP) is 1.94. The smallest absolute Gasteiger partial charge is 0.248 e. The summed E-state index contributed by atoms with van der Waals surface area (Å²) in [6.07, 6.45) is 13.8. The molecule has 0 saturated heterocycles. The number of allylic oxidation sites excluding steroid dienone is 4. The summed E-state index contributed by atoms with van der Waals surface area (Å²) in [7, 11) is 0. The summed E-state index contributed by atoms with van der Waals surface area (Å²) in [5.74, 6) is 0.756. The van der Waals surface area contributed by atoms with Gasteiger partial charge in [0.15, 0.2) is 0 Å². The molecular weight excluding hydrogens is 174 g/mol. The number of rotatable bonds is 1. The van der Waals surface area contributed by atoms with E-state index in [2.05, 4.69) is 18.2 Å². The zero-order chi connectivity index (χ0) is 9.97. The first-order chi connectivity index (χ1) is 6.77. The van der Waals surface area contributed by atoms with Crippen LogP contribution in [0.3, 0.4) is 0 Å². The first-order valence-corrected chi connectivity index (χ1v) is 5.12. The van der Waals surface area contributed by atoms with E-state index in [1.54, 1.807) is 0 Å². The largest absolute Gasteiger partial charge is 0.366 e. The lowest BCUT2D eigenvalue weighted by molar-refractivity contribution is -0.114. The maximum absolute atomic E-state index is 11.0. The fourth-order valence-electron chi connectivity index (χ4n) is 2.15. The predicted molar refractivity (Wildman–Crippen MR) is 56.4 cm³/mol. The second kappa shape index (κ2) is 3.82. The molecule has 0 heterocycles. The molecule has 2 aliphatic carbocycles. The van der Waals surface area contributed by atoms with Crippen LogP contribution >= 0.6 is 0 Å². The maximum Gasteiger partial charge on any atom is 0.248 e. The Morgan fingerprint density at radius 1 is 1.36 bits per heavy atom. The monoisotopic (exact) mass is 189 g/mol. The van der Waals surface area contributed by atoms with Gasteiger partial charge in [-0.2, -0.15) is 0 Å². The SMILES string of the molecule is NC(=O)C1=CC2CCC=CCC2C=C1. The number of fused-ring (bicyclic) bond motifs is 1. The van der Waals surface area contributed by atoms with Gasteiger partial charge in [0, 0.05) is 5.57 Å². The Morgan fingerprint density at radius 2 is 2.21 bits per heavy atom. The molecule has 2 N–H and O–H groups in total. The fraction of sp³-hybridized carbons (Fsp3) is 0.417. The van der Waals surface area contributed by atoms with E-state index in [1.165, 1.54) is 0 Å². The lowest BCUT2D eigenvalue weighted by Crippen LogP contribution is -2.19. The Labute approximate surface area is 84.2 Å². The van der Waals surface area contributed by atoms with Gasteiger partial charge in [-0.05, 0) is 31.1 Å². The number of hydrogen-bond acceptors (Lipinski definition) is 1. The van der Waals surface area contributed by atoms with Crippen LogP contribution in [-0.2, 0) is 4.79 Å². The summed E-state index contributed by atoms with van der Waals surface area (Å²) in [5.41, 5.74) is 5.93. The number of primary amides is 1. The highest BCUT2D eigenvalue weighted by Gasteiger charge is 2.22. The Bertz CT molecular complexity index is 325. The first kappa shape index (κ1) is 9.25. The van der Waals surface area contributed by atoms with E-state index in [-0.39, 0.29) is 5.91 Å². The summed E-state index contributed by atoms with van der Waals surface area (Å²) >= 11 is 0. The third-order valence-electron chi connectivity index (χ3n) is 2.99. The molecule has 0 saturated carbocycles. The van der Waals surface area contributed by atoms with E-state index in [1.807, 2.05) is 12.2 Å². The van der Waals surface area contributed by atoms with Gasteiger partial charge in [-0.3, -0.25) is 4.79 Å². The number of carbonyl (C=O) groups is 1. The lowest BCUT2D eigenvalue weighted by Gasteiger charge is -2.22. The van der Waals surface area contributed by atoms with Crippen molar-refractivity contribution in [3.8, 4) is 0 Å². The maximum atomic E-state index is 11.0. The van der Waals surface area contributed by atoms with Crippen LogP contribution < -0.4 is 5.73 Å². The molecule has 0 aromatic carbocycles. The molecule has 2 atom stereocenters. The summed E-state index contributed by atoms with van der Waals surface area (Å²) in [5, 5.41) is 0. The van der Waals surface area contributed by atoms with Crippen LogP contribution in [0, 0.1) is 11.8 Å². The highest BCUT2D eigenvalue weighted by Crippen LogP contribution is 2.31. The molecule has 14 heavy (non-hydrogen) atoms. The molecule has 0 spiro atoms. The van der Waals surface area contributed by atoms with Crippen molar-refractivity contribution >= 4 is 5.91 Å². The molecule has 1 amide bonds. The van der Waals surface area contributed by atoms with Gasteiger partial charge in [0.2, 0.25) is 5.91 Å². The summed E-state index contributed by atoms with van der Waals surface area (Å²) in [4.78, 5) is 11.0. The van der Waals surface area contributed by atoms with Crippen molar-refractivity contribution in [3.63, 3.8) is 0 Å². The van der Waals surface area contributed by atoms with Crippen molar-refractivity contribution in [3.05, 3.63) is 36.0 Å². The van der Waals surface area contributed by atoms with E-state index < -0.39 is 0 Å². The zero-order valence-corrected chi connectivity index (χ0v) is 8.15. The summed E-state index contributed by atoms with van der Waals surface area (Å²) < 4.78 is 0. The fourth-order valence-corrected chi connectivity index (χ4v) is 2.15. The van der Waals surface area contributed by atoms with Crippen LogP contribution in [0.5, 0.6) is 0 Å². The van der Waals surface area contributed by atoms with Crippen LogP contribution in [0.4, 0.5) is 0 Å². The molecule has 74 valence electrons. The van der Waals surface area contributed by atoms with Crippen molar-refractivity contribution in [1.29, 1.82) is 0 Å². The van der Waals surface area contributed by atoms with Crippen molar-refractivity contribution in [1.82, 2.24) is 0 Å². The van der Waals surface area contributed by atoms with Crippen LogP contribution in [0.25, 0.3) is 0 Å². The van der Waals surface area contributed by atoms with Gasteiger partial charge in [-0.1, -0.05) is 30.4 Å². The van der Waals surface area contributed by atoms with Crippen LogP contribution in [0.2, 0.25) is 0 Å². The standard InChI is InChI=1S/C12H15NO/c13-12(14)11-7-6-9-4-2-1-3-5-10(9)8-11/h1-2,6-10H,3-5H2,(H2,13,14). The van der Waals surface area contributed by atoms with Crippen LogP contribution in [0.15, 0.2) is 36.0 Å². The molecule has 0 radical (unpaired) electrons. The van der Waals surface area contributed by atoms with Gasteiger partial charge in [0.05, 0.1) is 0 Å². The average Bonchev–Trinajstić information content (AvgIpc) is 2.41. The molecule has 0 aliphatic heterocycles. The molecule has 2 nitrogen and oxygen atoms in total. The van der Waals surface area contributed by atoms with Gasteiger partial charge >= 0.3 is 0 Å². The minimum Gasteiger partial charge on any atom is -0.366 e. The van der Waals surface area contributed by atoms with Crippen molar-refractivity contribution in [2.45, 2.75) is 19.3 Å². The van der Waals surface area contributed by atoms with E-state index in [9.17, 15) is 4.79 Å². The number of hydrogen-bond donors (Lipinski definition) is 1. The highest BCUT2D eigenvalue weighted by molar-refractivity contribution is 5.95. The molecule has 0 aromatic heterocycles. The zero-order valence-electron chi connectivity index (χ0n) is 8.15. The number of amides is 1. The minimum absolute atomic E-state index is 0.308. The molecule has 0 bridgehead atoms. The molecule has 0 aromatic rings. The van der Waals surface area contributed by atoms with Crippen LogP contribution in [-0.4, -0.2) is 5.91 Å². The van der Waals surface area contributed by atoms with E-state index in [0.29, 0.717) is 17.4 Å². The van der Waals surface area contributed by atoms with Gasteiger partial charge in [-0.25, -0.2) is 0 Å². The van der Waals surface area contributed by atoms with Gasteiger partial charge < -0.3 is 5.73 Å². The normalized spacial score (nSPS) is 30.4. The number of carbonyl (C=O) groups excluding carboxylic acids is 1. The summed E-state index contributed by atoms with van der Waals surface area (Å²) in [6, 6.07) is 0. The van der Waals surface area contributed by atoms with Crippen molar-refractivity contribution in [2.24, 2.45) is 17.6 Å². The molecule has 2 heteroatoms. The van der Waals surface area contributed by atoms with E-state index in [4.69, 9.17) is 5.73 Å². The van der Waals surface area contributed by atoms with E-state index in [0.717, 1.165) is 19.3 Å². The second-order valence-electron chi connectivity index (χ2n) is 3.96. The molecule has 0 fully saturated rings. The van der Waals surface area contributed by atoms with Crippen molar-refractivity contribution in [2.75, 3.05) is 0 Å².